The Morgan fingerprint density at radius 3 is 2.38 bits per heavy atom. The zero-order valence-electron chi connectivity index (χ0n) is 22.9. The summed E-state index contributed by atoms with van der Waals surface area (Å²) in [6.45, 7) is 4.67. The number of hydrogen-bond acceptors (Lipinski definition) is 8. The topological polar surface area (TPSA) is 92.3 Å². The van der Waals surface area contributed by atoms with Gasteiger partial charge in [0.1, 0.15) is 12.4 Å². The number of ether oxygens (including phenoxy) is 5. The Hall–Kier alpha value is -3.30. The highest BCUT2D eigenvalue weighted by Crippen LogP contribution is 2.48. The number of allylic oxidation sites excluding steroid dienone is 3. The van der Waals surface area contributed by atoms with Gasteiger partial charge in [0.2, 0.25) is 0 Å². The second-order valence-electron chi connectivity index (χ2n) is 9.35. The van der Waals surface area contributed by atoms with Crippen molar-refractivity contribution in [2.24, 2.45) is 0 Å². The average Bonchev–Trinajstić information content (AvgIpc) is 2.93. The quantitative estimate of drug-likeness (QED) is 0.286. The molecule has 1 aliphatic carbocycles. The number of methoxy groups -OCH3 is 3. The number of ketones is 1. The number of nitrogens with one attached hydrogen (secondary N) is 1. The van der Waals surface area contributed by atoms with Crippen LogP contribution in [-0.2, 0) is 19.1 Å². The van der Waals surface area contributed by atoms with Gasteiger partial charge in [-0.25, -0.2) is 4.79 Å². The van der Waals surface area contributed by atoms with Crippen LogP contribution < -0.4 is 19.5 Å². The lowest BCUT2D eigenvalue weighted by Crippen LogP contribution is -2.36. The molecule has 0 radical (unpaired) electrons. The first-order chi connectivity index (χ1) is 18.8. The zero-order chi connectivity index (χ0) is 28.1. The van der Waals surface area contributed by atoms with Crippen LogP contribution >= 0.6 is 15.9 Å². The van der Waals surface area contributed by atoms with Crippen LogP contribution in [0.25, 0.3) is 0 Å². The van der Waals surface area contributed by atoms with E-state index in [4.69, 9.17) is 23.7 Å². The predicted molar refractivity (Wildman–Crippen MR) is 150 cm³/mol. The summed E-state index contributed by atoms with van der Waals surface area (Å²) in [5, 5.41) is 3.38. The molecule has 0 amide bonds. The summed E-state index contributed by atoms with van der Waals surface area (Å²) in [6.07, 6.45) is 0.877. The maximum atomic E-state index is 13.9. The highest BCUT2D eigenvalue weighted by molar-refractivity contribution is 9.10. The van der Waals surface area contributed by atoms with Gasteiger partial charge in [-0.15, -0.1) is 0 Å². The molecule has 2 aliphatic rings. The minimum absolute atomic E-state index is 0.0392. The maximum absolute atomic E-state index is 13.9. The molecule has 0 fully saturated rings. The predicted octanol–water partition coefficient (Wildman–Crippen LogP) is 5.42. The molecule has 0 saturated heterocycles. The standard InChI is InChI=1S/C30H34BrNO7/c1-6-38-11-12-39-30(34)27-17(2)32-22-13-19(18-7-9-25(36-4)26(15-18)37-5)14-23(33)29(22)28(27)21-16-20(31)8-10-24(21)35-3/h7-10,15-16,19,28,32H,6,11-14H2,1-5H3/t19-,28+/m0/s1. The van der Waals surface area contributed by atoms with Crippen LogP contribution in [0.4, 0.5) is 0 Å². The molecule has 1 aliphatic heterocycles. The number of benzene rings is 2. The number of carbonyl (C=O) groups excluding carboxylic acids is 2. The lowest BCUT2D eigenvalue weighted by Gasteiger charge is -2.37. The molecule has 8 nitrogen and oxygen atoms in total. The summed E-state index contributed by atoms with van der Waals surface area (Å²) in [4.78, 5) is 27.4. The van der Waals surface area contributed by atoms with Gasteiger partial charge in [-0.2, -0.15) is 0 Å². The summed E-state index contributed by atoms with van der Waals surface area (Å²) in [6, 6.07) is 11.3. The van der Waals surface area contributed by atoms with Crippen LogP contribution in [0.3, 0.4) is 0 Å². The number of dihydropyridines is 1. The summed E-state index contributed by atoms with van der Waals surface area (Å²) in [7, 11) is 4.77. The number of hydrogen-bond donors (Lipinski definition) is 1. The minimum atomic E-state index is -0.646. The largest absolute Gasteiger partial charge is 0.496 e. The van der Waals surface area contributed by atoms with E-state index in [1.165, 1.54) is 0 Å². The highest BCUT2D eigenvalue weighted by Gasteiger charge is 2.42. The Morgan fingerprint density at radius 1 is 0.974 bits per heavy atom. The lowest BCUT2D eigenvalue weighted by atomic mass is 9.71. The molecule has 2 aromatic rings. The Bertz CT molecular complexity index is 1320. The van der Waals surface area contributed by atoms with Crippen LogP contribution in [0.2, 0.25) is 0 Å². The molecule has 0 saturated carbocycles. The molecule has 0 spiro atoms. The first kappa shape index (κ1) is 28.7. The number of carbonyl (C=O) groups is 2. The third kappa shape index (κ3) is 5.99. The molecular formula is C30H34BrNO7. The SMILES string of the molecule is CCOCCOC(=O)C1=C(C)NC2=C(C(=O)C[C@@H](c3ccc(OC)c(OC)c3)C2)[C@@H]1c1cc(Br)ccc1OC. The zero-order valence-corrected chi connectivity index (χ0v) is 24.5. The van der Waals surface area contributed by atoms with E-state index in [1.54, 1.807) is 21.3 Å². The molecule has 9 heteroatoms. The van der Waals surface area contributed by atoms with Crippen LogP contribution in [0.5, 0.6) is 17.2 Å². The van der Waals surface area contributed by atoms with Gasteiger partial charge in [0, 0.05) is 40.0 Å². The number of rotatable bonds is 10. The van der Waals surface area contributed by atoms with E-state index < -0.39 is 11.9 Å². The van der Waals surface area contributed by atoms with Crippen molar-refractivity contribution in [3.63, 3.8) is 0 Å². The fourth-order valence-electron chi connectivity index (χ4n) is 5.31. The van der Waals surface area contributed by atoms with Crippen LogP contribution in [-0.4, -0.2) is 52.9 Å². The molecule has 4 rings (SSSR count). The summed E-state index contributed by atoms with van der Waals surface area (Å²) in [5.41, 5.74) is 4.08. The minimum Gasteiger partial charge on any atom is -0.496 e. The second kappa shape index (κ2) is 12.7. The molecule has 0 unspecified atom stereocenters. The van der Waals surface area contributed by atoms with Crippen molar-refractivity contribution >= 4 is 27.7 Å². The van der Waals surface area contributed by atoms with Gasteiger partial charge in [-0.1, -0.05) is 22.0 Å². The molecule has 208 valence electrons. The van der Waals surface area contributed by atoms with Crippen molar-refractivity contribution in [2.75, 3.05) is 41.2 Å². The van der Waals surface area contributed by atoms with Gasteiger partial charge in [0.15, 0.2) is 17.3 Å². The smallest absolute Gasteiger partial charge is 0.336 e. The van der Waals surface area contributed by atoms with E-state index >= 15 is 0 Å². The summed E-state index contributed by atoms with van der Waals surface area (Å²) >= 11 is 3.55. The molecule has 0 bridgehead atoms. The Labute approximate surface area is 237 Å². The Balaban J connectivity index is 1.77. The van der Waals surface area contributed by atoms with Crippen molar-refractivity contribution < 1.29 is 33.3 Å². The highest BCUT2D eigenvalue weighted by atomic mass is 79.9. The van der Waals surface area contributed by atoms with Gasteiger partial charge < -0.3 is 29.0 Å². The summed E-state index contributed by atoms with van der Waals surface area (Å²) < 4.78 is 28.3. The molecule has 39 heavy (non-hydrogen) atoms. The van der Waals surface area contributed by atoms with Crippen LogP contribution in [0, 0.1) is 0 Å². The van der Waals surface area contributed by atoms with E-state index in [0.29, 0.717) is 53.7 Å². The Morgan fingerprint density at radius 2 is 1.69 bits per heavy atom. The van der Waals surface area contributed by atoms with Crippen molar-refractivity contribution in [3.05, 3.63) is 74.5 Å². The van der Waals surface area contributed by atoms with Gasteiger partial charge in [0.25, 0.3) is 0 Å². The second-order valence-corrected chi connectivity index (χ2v) is 10.3. The third-order valence-corrected chi connectivity index (χ3v) is 7.59. The lowest BCUT2D eigenvalue weighted by molar-refractivity contribution is -0.140. The van der Waals surface area contributed by atoms with Crippen molar-refractivity contribution in [2.45, 2.75) is 38.5 Å². The average molecular weight is 601 g/mol. The van der Waals surface area contributed by atoms with Gasteiger partial charge >= 0.3 is 5.97 Å². The normalized spacial score (nSPS) is 18.9. The number of halogens is 1. The van der Waals surface area contributed by atoms with E-state index in [9.17, 15) is 9.59 Å². The number of Topliss-reactive ketones (excluding diaryl/α,β-unsaturated/α-hetero) is 1. The third-order valence-electron chi connectivity index (χ3n) is 7.09. The molecule has 1 N–H and O–H groups in total. The van der Waals surface area contributed by atoms with Crippen molar-refractivity contribution in [1.82, 2.24) is 5.32 Å². The van der Waals surface area contributed by atoms with E-state index in [1.807, 2.05) is 50.2 Å². The fraction of sp³-hybridized carbons (Fsp3) is 0.400. The number of esters is 1. The summed E-state index contributed by atoms with van der Waals surface area (Å²) in [5.74, 6) is 0.583. The molecule has 2 aromatic carbocycles. The molecule has 0 aromatic heterocycles. The van der Waals surface area contributed by atoms with Gasteiger partial charge in [0.05, 0.1) is 39.4 Å². The first-order valence-electron chi connectivity index (χ1n) is 12.9. The van der Waals surface area contributed by atoms with Crippen LogP contribution in [0.15, 0.2) is 63.4 Å². The molecular weight excluding hydrogens is 566 g/mol. The van der Waals surface area contributed by atoms with Crippen molar-refractivity contribution in [3.8, 4) is 17.2 Å². The van der Waals surface area contributed by atoms with Gasteiger partial charge in [-0.3, -0.25) is 4.79 Å². The maximum Gasteiger partial charge on any atom is 0.336 e. The first-order valence-corrected chi connectivity index (χ1v) is 13.7. The molecule has 2 atom stereocenters. The van der Waals surface area contributed by atoms with Gasteiger partial charge in [-0.05, 0) is 62.1 Å². The van der Waals surface area contributed by atoms with Crippen LogP contribution in [0.1, 0.15) is 49.7 Å². The fourth-order valence-corrected chi connectivity index (χ4v) is 5.69. The monoisotopic (exact) mass is 599 g/mol. The van der Waals surface area contributed by atoms with E-state index in [-0.39, 0.29) is 24.7 Å². The molecule has 1 heterocycles. The van der Waals surface area contributed by atoms with E-state index in [2.05, 4.69) is 21.2 Å². The van der Waals surface area contributed by atoms with E-state index in [0.717, 1.165) is 21.3 Å². The Kier molecular flexibility index (Phi) is 9.35. The van der Waals surface area contributed by atoms with Crippen molar-refractivity contribution in [1.29, 1.82) is 0 Å².